The fourth-order valence-electron chi connectivity index (χ4n) is 3.87. The molecule has 3 N–H and O–H groups in total. The van der Waals surface area contributed by atoms with Crippen molar-refractivity contribution in [3.8, 4) is 0 Å². The van der Waals surface area contributed by atoms with Crippen LogP contribution in [0.5, 0.6) is 0 Å². The first-order chi connectivity index (χ1) is 15.5. The minimum Gasteiger partial charge on any atom is -0.378 e. The zero-order valence-corrected chi connectivity index (χ0v) is 21.2. The molecule has 3 atom stereocenters. The monoisotopic (exact) mass is 468 g/mol. The van der Waals surface area contributed by atoms with Crippen molar-refractivity contribution in [2.24, 2.45) is 23.7 Å². The van der Waals surface area contributed by atoms with Crippen LogP contribution in [0.4, 0.5) is 4.79 Å². The molecule has 1 heterocycles. The van der Waals surface area contributed by atoms with Gasteiger partial charge in [-0.1, -0.05) is 41.5 Å². The van der Waals surface area contributed by atoms with Gasteiger partial charge >= 0.3 is 6.03 Å². The average molecular weight is 469 g/mol. The molecule has 0 aromatic carbocycles. The van der Waals surface area contributed by atoms with Crippen LogP contribution in [0.3, 0.4) is 0 Å². The van der Waals surface area contributed by atoms with Crippen LogP contribution in [0.25, 0.3) is 0 Å². The molecule has 0 saturated carbocycles. The normalized spacial score (nSPS) is 16.9. The Hall–Kier alpha value is -2.16. The Bertz CT molecular complexity index is 632. The summed E-state index contributed by atoms with van der Waals surface area (Å²) in [7, 11) is 0. The van der Waals surface area contributed by atoms with Crippen LogP contribution >= 0.6 is 0 Å². The highest BCUT2D eigenvalue weighted by Gasteiger charge is 2.29. The topological polar surface area (TPSA) is 117 Å². The third-order valence-electron chi connectivity index (χ3n) is 5.48. The SMILES string of the molecule is CC(C)C[C@H](CNC(=O)N1CCOCC1)C(=O)N[C@@H](CC(C)C)C(=O)N[C@H](C=O)CC(C)C. The smallest absolute Gasteiger partial charge is 0.317 e. The Morgan fingerprint density at radius 3 is 1.94 bits per heavy atom. The number of hydrogen-bond acceptors (Lipinski definition) is 5. The Labute approximate surface area is 198 Å². The van der Waals surface area contributed by atoms with Gasteiger partial charge in [-0.25, -0.2) is 4.79 Å². The van der Waals surface area contributed by atoms with E-state index in [0.717, 1.165) is 6.29 Å². The summed E-state index contributed by atoms with van der Waals surface area (Å²) in [5.41, 5.74) is 0. The van der Waals surface area contributed by atoms with Gasteiger partial charge in [0, 0.05) is 19.6 Å². The predicted molar refractivity (Wildman–Crippen MR) is 128 cm³/mol. The summed E-state index contributed by atoms with van der Waals surface area (Å²) in [6.45, 7) is 14.2. The number of carbonyl (C=O) groups is 4. The van der Waals surface area contributed by atoms with Gasteiger partial charge in [0.05, 0.1) is 25.2 Å². The summed E-state index contributed by atoms with van der Waals surface area (Å²) in [6.07, 6.45) is 2.32. The van der Waals surface area contributed by atoms with Crippen LogP contribution in [0.1, 0.15) is 60.8 Å². The lowest BCUT2D eigenvalue weighted by Gasteiger charge is -2.29. The lowest BCUT2D eigenvalue weighted by Crippen LogP contribution is -2.53. The molecule has 1 fully saturated rings. The Morgan fingerprint density at radius 1 is 0.848 bits per heavy atom. The third-order valence-corrected chi connectivity index (χ3v) is 5.48. The summed E-state index contributed by atoms with van der Waals surface area (Å²) in [5.74, 6) is -0.415. The van der Waals surface area contributed by atoms with Gasteiger partial charge in [-0.15, -0.1) is 0 Å². The van der Waals surface area contributed by atoms with Crippen molar-refractivity contribution < 1.29 is 23.9 Å². The van der Waals surface area contributed by atoms with Crippen LogP contribution in [-0.4, -0.2) is 74.0 Å². The van der Waals surface area contributed by atoms with Crippen LogP contribution in [0.2, 0.25) is 0 Å². The molecule has 9 nitrogen and oxygen atoms in total. The zero-order valence-electron chi connectivity index (χ0n) is 21.2. The molecule has 1 rings (SSSR count). The summed E-state index contributed by atoms with van der Waals surface area (Å²) < 4.78 is 5.28. The van der Waals surface area contributed by atoms with Crippen molar-refractivity contribution in [2.45, 2.75) is 72.9 Å². The number of amides is 4. The molecule has 0 bridgehead atoms. The molecule has 0 spiro atoms. The fourth-order valence-corrected chi connectivity index (χ4v) is 3.87. The summed E-state index contributed by atoms with van der Waals surface area (Å²) >= 11 is 0. The summed E-state index contributed by atoms with van der Waals surface area (Å²) in [5, 5.41) is 8.53. The van der Waals surface area contributed by atoms with E-state index < -0.39 is 18.0 Å². The van der Waals surface area contributed by atoms with Gasteiger partial charge in [0.2, 0.25) is 11.8 Å². The maximum Gasteiger partial charge on any atom is 0.317 e. The van der Waals surface area contributed by atoms with E-state index in [1.54, 1.807) is 4.90 Å². The number of hydrogen-bond donors (Lipinski definition) is 3. The standard InChI is InChI=1S/C24H44N4O5/c1-16(2)11-19(14-25-24(32)28-7-9-33-10-8-28)22(30)27-21(13-18(5)6)23(31)26-20(15-29)12-17(3)4/h15-21H,7-14H2,1-6H3,(H,25,32)(H,26,31)(H,27,30)/t19-,20+,21+/m1/s1. The number of carbonyl (C=O) groups excluding carboxylic acids is 4. The van der Waals surface area contributed by atoms with E-state index in [1.807, 2.05) is 41.5 Å². The van der Waals surface area contributed by atoms with Crippen LogP contribution < -0.4 is 16.0 Å². The molecule has 0 unspecified atom stereocenters. The van der Waals surface area contributed by atoms with Crippen molar-refractivity contribution in [2.75, 3.05) is 32.8 Å². The third kappa shape index (κ3) is 11.5. The van der Waals surface area contributed by atoms with Crippen molar-refractivity contribution in [3.63, 3.8) is 0 Å². The molecule has 1 aliphatic heterocycles. The quantitative estimate of drug-likeness (QED) is 0.357. The minimum atomic E-state index is -0.739. The molecular weight excluding hydrogens is 424 g/mol. The Balaban J connectivity index is 2.81. The molecule has 4 amide bonds. The molecule has 190 valence electrons. The molecule has 33 heavy (non-hydrogen) atoms. The highest BCUT2D eigenvalue weighted by atomic mass is 16.5. The molecule has 1 saturated heterocycles. The van der Waals surface area contributed by atoms with Crippen molar-refractivity contribution in [3.05, 3.63) is 0 Å². The zero-order chi connectivity index (χ0) is 25.0. The highest BCUT2D eigenvalue weighted by molar-refractivity contribution is 5.90. The molecule has 1 aliphatic rings. The van der Waals surface area contributed by atoms with Crippen LogP contribution in [0.15, 0.2) is 0 Å². The minimum absolute atomic E-state index is 0.172. The Kier molecular flexibility index (Phi) is 13.0. The second-order valence-electron chi connectivity index (χ2n) is 10.2. The number of urea groups is 1. The van der Waals surface area contributed by atoms with Crippen molar-refractivity contribution in [1.82, 2.24) is 20.9 Å². The van der Waals surface area contributed by atoms with Crippen molar-refractivity contribution >= 4 is 24.1 Å². The van der Waals surface area contributed by atoms with Gasteiger partial charge in [-0.05, 0) is 37.0 Å². The lowest BCUT2D eigenvalue weighted by molar-refractivity contribution is -0.132. The van der Waals surface area contributed by atoms with E-state index in [9.17, 15) is 19.2 Å². The van der Waals surface area contributed by atoms with Gasteiger partial charge in [-0.2, -0.15) is 0 Å². The van der Waals surface area contributed by atoms with Gasteiger partial charge in [0.1, 0.15) is 12.3 Å². The van der Waals surface area contributed by atoms with E-state index in [0.29, 0.717) is 45.6 Å². The largest absolute Gasteiger partial charge is 0.378 e. The molecule has 9 heteroatoms. The lowest BCUT2D eigenvalue weighted by atomic mass is 9.94. The van der Waals surface area contributed by atoms with Gasteiger partial charge in [-0.3, -0.25) is 9.59 Å². The molecule has 0 aromatic rings. The Morgan fingerprint density at radius 2 is 1.42 bits per heavy atom. The van der Waals surface area contributed by atoms with Gasteiger partial charge < -0.3 is 30.4 Å². The number of morpholine rings is 1. The first-order valence-electron chi connectivity index (χ1n) is 12.2. The fraction of sp³-hybridized carbons (Fsp3) is 0.833. The molecule has 0 radical (unpaired) electrons. The summed E-state index contributed by atoms with van der Waals surface area (Å²) in [4.78, 5) is 51.6. The van der Waals surface area contributed by atoms with E-state index in [4.69, 9.17) is 4.74 Å². The average Bonchev–Trinajstić information content (AvgIpc) is 2.74. The highest BCUT2D eigenvalue weighted by Crippen LogP contribution is 2.14. The molecular formula is C24H44N4O5. The number of ether oxygens (including phenoxy) is 1. The second kappa shape index (κ2) is 14.9. The first-order valence-corrected chi connectivity index (χ1v) is 12.2. The molecule has 0 aliphatic carbocycles. The number of rotatable bonds is 13. The maximum atomic E-state index is 13.2. The maximum absolute atomic E-state index is 13.2. The number of nitrogens with one attached hydrogen (secondary N) is 3. The van der Waals surface area contributed by atoms with Gasteiger partial charge in [0.15, 0.2) is 0 Å². The predicted octanol–water partition coefficient (Wildman–Crippen LogP) is 1.95. The second-order valence-corrected chi connectivity index (χ2v) is 10.2. The van der Waals surface area contributed by atoms with Gasteiger partial charge in [0.25, 0.3) is 0 Å². The van der Waals surface area contributed by atoms with Crippen LogP contribution in [-0.2, 0) is 19.1 Å². The van der Waals surface area contributed by atoms with Crippen molar-refractivity contribution in [1.29, 1.82) is 0 Å². The first kappa shape index (κ1) is 28.9. The van der Waals surface area contributed by atoms with E-state index >= 15 is 0 Å². The number of nitrogens with zero attached hydrogens (tertiary/aromatic N) is 1. The van der Waals surface area contributed by atoms with E-state index in [-0.39, 0.29) is 42.1 Å². The summed E-state index contributed by atoms with van der Waals surface area (Å²) in [6, 6.07) is -1.53. The van der Waals surface area contributed by atoms with E-state index in [1.165, 1.54) is 0 Å². The van der Waals surface area contributed by atoms with E-state index in [2.05, 4.69) is 16.0 Å². The number of aldehydes is 1. The molecule has 0 aromatic heterocycles. The van der Waals surface area contributed by atoms with Crippen LogP contribution in [0, 0.1) is 23.7 Å².